The van der Waals surface area contributed by atoms with Crippen molar-refractivity contribution in [2.75, 3.05) is 40.8 Å². The molecule has 0 spiro atoms. The lowest BCUT2D eigenvalue weighted by Crippen LogP contribution is -2.66. The fourth-order valence-electron chi connectivity index (χ4n) is 9.36. The van der Waals surface area contributed by atoms with Crippen LogP contribution in [-0.2, 0) is 66.6 Å². The first-order valence-electron chi connectivity index (χ1n) is 23.9. The molecular weight excluding hydrogens is 885 g/mol. The molecule has 0 amide bonds. The Morgan fingerprint density at radius 2 is 1.63 bits per heavy atom. The summed E-state index contributed by atoms with van der Waals surface area (Å²) in [5.74, 6) is 2.84. The van der Waals surface area contributed by atoms with E-state index in [-0.39, 0.29) is 38.6 Å². The molecule has 2 N–H and O–H groups in total. The highest BCUT2D eigenvalue weighted by Crippen LogP contribution is 2.39. The second-order valence-electron chi connectivity index (χ2n) is 18.7. The summed E-state index contributed by atoms with van der Waals surface area (Å²) in [6, 6.07) is 8.71. The lowest BCUT2D eigenvalue weighted by Gasteiger charge is -2.50. The molecule has 3 fully saturated rings. The van der Waals surface area contributed by atoms with Gasteiger partial charge in [-0.2, -0.15) is 0 Å². The number of benzene rings is 1. The lowest BCUT2D eigenvalue weighted by molar-refractivity contribution is -0.344. The molecular formula is C50H76N2O16. The summed E-state index contributed by atoms with van der Waals surface area (Å²) in [7, 11) is 4.86. The molecule has 16 atom stereocenters. The number of aldehydes is 1. The van der Waals surface area contributed by atoms with E-state index in [9.17, 15) is 34.2 Å². The van der Waals surface area contributed by atoms with Gasteiger partial charge < -0.3 is 62.5 Å². The van der Waals surface area contributed by atoms with Crippen LogP contribution in [0.1, 0.15) is 106 Å². The second-order valence-corrected chi connectivity index (χ2v) is 18.7. The fraction of sp³-hybridized carbons (Fsp3) is 0.740. The van der Waals surface area contributed by atoms with Crippen LogP contribution in [0.3, 0.4) is 0 Å². The van der Waals surface area contributed by atoms with Gasteiger partial charge in [-0.3, -0.25) is 24.1 Å². The Labute approximate surface area is 401 Å². The van der Waals surface area contributed by atoms with Gasteiger partial charge in [-0.05, 0) is 78.6 Å². The molecule has 10 unspecified atom stereocenters. The largest absolute Gasteiger partial charge is 0.463 e. The van der Waals surface area contributed by atoms with Gasteiger partial charge in [0.15, 0.2) is 24.3 Å². The highest BCUT2D eigenvalue weighted by molar-refractivity contribution is 5.73. The Morgan fingerprint density at radius 3 is 2.25 bits per heavy atom. The topological polar surface area (TPSA) is 215 Å². The second kappa shape index (κ2) is 26.8. The predicted molar refractivity (Wildman–Crippen MR) is 246 cm³/mol. The summed E-state index contributed by atoms with van der Waals surface area (Å²) in [6.45, 7) is 14.2. The van der Waals surface area contributed by atoms with Gasteiger partial charge in [0.25, 0.3) is 0 Å². The summed E-state index contributed by atoms with van der Waals surface area (Å²) in [5, 5.41) is 24.1. The number of aliphatic hydroxyl groups excluding tert-OH is 2. The maximum absolute atomic E-state index is 13.7. The van der Waals surface area contributed by atoms with E-state index in [2.05, 4.69) is 11.8 Å². The summed E-state index contributed by atoms with van der Waals surface area (Å²) in [4.78, 5) is 67.9. The van der Waals surface area contributed by atoms with Crippen molar-refractivity contribution in [2.45, 2.75) is 186 Å². The number of β-amino-alcohol motifs (C(OH)–C–C–N with tert-alkyl or cyclic N) is 1. The number of aliphatic hydroxyl groups is 2. The van der Waals surface area contributed by atoms with Gasteiger partial charge in [-0.1, -0.05) is 50.8 Å². The van der Waals surface area contributed by atoms with E-state index in [0.717, 1.165) is 11.8 Å². The molecule has 3 aliphatic heterocycles. The van der Waals surface area contributed by atoms with E-state index in [1.54, 1.807) is 60.5 Å². The molecule has 3 heterocycles. The first-order valence-corrected chi connectivity index (χ1v) is 23.9. The van der Waals surface area contributed by atoms with Crippen molar-refractivity contribution in [3.8, 4) is 11.8 Å². The van der Waals surface area contributed by atoms with E-state index in [1.165, 1.54) is 14.0 Å². The van der Waals surface area contributed by atoms with Crippen molar-refractivity contribution in [2.24, 2.45) is 11.8 Å². The zero-order chi connectivity index (χ0) is 50.3. The van der Waals surface area contributed by atoms with Gasteiger partial charge in [-0.15, -0.1) is 0 Å². The predicted octanol–water partition coefficient (Wildman–Crippen LogP) is 3.58. The van der Waals surface area contributed by atoms with Gasteiger partial charge in [0, 0.05) is 58.4 Å². The number of carbonyl (C=O) groups excluding carboxylic acids is 5. The maximum atomic E-state index is 13.7. The molecule has 3 saturated heterocycles. The molecule has 382 valence electrons. The number of ether oxygens (including phenoxy) is 9. The zero-order valence-electron chi connectivity index (χ0n) is 41.7. The van der Waals surface area contributed by atoms with Crippen molar-refractivity contribution in [3.05, 3.63) is 35.9 Å². The van der Waals surface area contributed by atoms with Crippen LogP contribution in [0.2, 0.25) is 0 Å². The quantitative estimate of drug-likeness (QED) is 0.118. The standard InChI is InChI=1S/C50H76N2O16/c1-12-39(56)64-38-27-41(58)61-31(4)21-24-52(23-17-20-35-18-15-14-16-19-35)29-37(55)30(3)26-36(22-25-53)46(47(38)60-11)67-49-44(59)43(51(9)10)45(32(5)63-49)66-42-28-50(8,68-34(7)54)48(33(6)62-42)65-40(57)13-2/h14-16,18-19,25,30-33,36-38,42-49,55,59H,12-13,21-24,26-29H2,1-11H3/t30-,31-,32?,33?,36+,37+,38-,42?,43?,44?,45?,46+,47?,48?,49?,50?/m1/s1. The van der Waals surface area contributed by atoms with Crippen LogP contribution in [0.4, 0.5) is 0 Å². The number of likely N-dealkylation sites (N-methyl/N-ethyl adjacent to an activating group) is 1. The van der Waals surface area contributed by atoms with Crippen LogP contribution in [0, 0.1) is 23.7 Å². The van der Waals surface area contributed by atoms with Crippen LogP contribution in [0.15, 0.2) is 30.3 Å². The number of nitrogens with zero attached hydrogens (tertiary/aromatic N) is 2. The third kappa shape index (κ3) is 16.0. The van der Waals surface area contributed by atoms with Crippen molar-refractivity contribution in [3.63, 3.8) is 0 Å². The highest BCUT2D eigenvalue weighted by Gasteiger charge is 2.54. The van der Waals surface area contributed by atoms with E-state index in [4.69, 9.17) is 42.6 Å². The number of carbonyl (C=O) groups is 5. The van der Waals surface area contributed by atoms with Gasteiger partial charge in [0.2, 0.25) is 0 Å². The molecule has 1 aromatic carbocycles. The smallest absolute Gasteiger partial charge is 0.309 e. The summed E-state index contributed by atoms with van der Waals surface area (Å²) in [6.07, 6.45) is -11.5. The average Bonchev–Trinajstić information content (AvgIpc) is 3.27. The number of hydrogen-bond acceptors (Lipinski definition) is 18. The lowest BCUT2D eigenvalue weighted by atomic mass is 9.82. The number of cyclic esters (lactones) is 1. The van der Waals surface area contributed by atoms with Gasteiger partial charge in [-0.25, -0.2) is 0 Å². The molecule has 0 saturated carbocycles. The van der Waals surface area contributed by atoms with E-state index in [0.29, 0.717) is 19.5 Å². The monoisotopic (exact) mass is 961 g/mol. The van der Waals surface area contributed by atoms with Crippen LogP contribution in [0.25, 0.3) is 0 Å². The Hall–Kier alpha value is -4.03. The van der Waals surface area contributed by atoms with Gasteiger partial charge in [0.1, 0.15) is 36.8 Å². The summed E-state index contributed by atoms with van der Waals surface area (Å²) >= 11 is 0. The van der Waals surface area contributed by atoms with Crippen LogP contribution >= 0.6 is 0 Å². The molecule has 1 aromatic rings. The number of methoxy groups -OCH3 is 1. The third-order valence-electron chi connectivity index (χ3n) is 12.9. The molecule has 4 rings (SSSR count). The number of hydrogen-bond donors (Lipinski definition) is 2. The van der Waals surface area contributed by atoms with E-state index >= 15 is 0 Å². The first-order chi connectivity index (χ1) is 32.2. The molecule has 18 heteroatoms. The minimum atomic E-state index is -1.44. The van der Waals surface area contributed by atoms with Crippen molar-refractivity contribution in [1.82, 2.24) is 9.80 Å². The van der Waals surface area contributed by atoms with Crippen LogP contribution < -0.4 is 0 Å². The Morgan fingerprint density at radius 1 is 0.956 bits per heavy atom. The summed E-state index contributed by atoms with van der Waals surface area (Å²) < 4.78 is 55.4. The molecule has 68 heavy (non-hydrogen) atoms. The molecule has 0 aliphatic carbocycles. The average molecular weight is 961 g/mol. The molecule has 18 nitrogen and oxygen atoms in total. The Kier molecular flexibility index (Phi) is 22.3. The first kappa shape index (κ1) is 56.6. The minimum absolute atomic E-state index is 0.0180. The third-order valence-corrected chi connectivity index (χ3v) is 12.9. The molecule has 0 radical (unpaired) electrons. The zero-order valence-corrected chi connectivity index (χ0v) is 41.7. The normalized spacial score (nSPS) is 35.6. The fourth-order valence-corrected chi connectivity index (χ4v) is 9.36. The van der Waals surface area contributed by atoms with Crippen molar-refractivity contribution < 1.29 is 76.8 Å². The van der Waals surface area contributed by atoms with Crippen LogP contribution in [-0.4, -0.2) is 176 Å². The molecule has 0 bridgehead atoms. The SMILES string of the molecule is CCC(=O)OC1C(C)OC(OC2C(C)OC(O[C@@H]3C(OC)[C@H](OC(=O)CC)CC(=O)O[C@H](C)CCN(CC#Cc4ccccc4)C[C@H](O)[C@H](C)C[C@@H]3CC=O)C(O)C2N(C)C)CC1(C)OC(C)=O. The number of esters is 4. The maximum Gasteiger partial charge on any atom is 0.309 e. The van der Waals surface area contributed by atoms with Crippen LogP contribution in [0.5, 0.6) is 0 Å². The van der Waals surface area contributed by atoms with E-state index in [1.807, 2.05) is 42.2 Å². The Balaban J connectivity index is 1.69. The molecule has 0 aromatic heterocycles. The minimum Gasteiger partial charge on any atom is -0.463 e. The van der Waals surface area contributed by atoms with Gasteiger partial charge >= 0.3 is 23.9 Å². The summed E-state index contributed by atoms with van der Waals surface area (Å²) in [5.41, 5.74) is -0.481. The molecule has 3 aliphatic rings. The van der Waals surface area contributed by atoms with Gasteiger partial charge in [0.05, 0.1) is 43.4 Å². The number of rotatable bonds is 14. The van der Waals surface area contributed by atoms with Crippen molar-refractivity contribution in [1.29, 1.82) is 0 Å². The Bertz CT molecular complexity index is 1840. The van der Waals surface area contributed by atoms with Crippen molar-refractivity contribution >= 4 is 30.2 Å². The van der Waals surface area contributed by atoms with E-state index < -0.39 is 127 Å². The highest BCUT2D eigenvalue weighted by atomic mass is 16.7.